The zero-order valence-corrected chi connectivity index (χ0v) is 14.4. The second-order valence-electron chi connectivity index (χ2n) is 5.31. The average Bonchev–Trinajstić information content (AvgIpc) is 3.01. The van der Waals surface area contributed by atoms with Crippen LogP contribution in [0.4, 0.5) is 0 Å². The van der Waals surface area contributed by atoms with Crippen LogP contribution in [-0.2, 0) is 18.1 Å². The van der Waals surface area contributed by atoms with Crippen molar-refractivity contribution in [3.05, 3.63) is 71.8 Å². The first-order valence-corrected chi connectivity index (χ1v) is 9.34. The number of hydrogen-bond acceptors (Lipinski definition) is 5. The third kappa shape index (κ3) is 2.81. The van der Waals surface area contributed by atoms with Crippen molar-refractivity contribution in [2.24, 2.45) is 0 Å². The van der Waals surface area contributed by atoms with E-state index in [0.717, 1.165) is 11.1 Å². The fraction of sp³-hybridized carbons (Fsp3) is 0.294. The van der Waals surface area contributed by atoms with Gasteiger partial charge in [0.05, 0.1) is 0 Å². The zero-order valence-electron chi connectivity index (χ0n) is 13.5. The van der Waals surface area contributed by atoms with Crippen LogP contribution < -0.4 is 5.09 Å². The third-order valence-corrected chi connectivity index (χ3v) is 7.36. The van der Waals surface area contributed by atoms with E-state index in [2.05, 4.69) is 17.2 Å². The summed E-state index contributed by atoms with van der Waals surface area (Å²) in [4.78, 5) is 0. The third-order valence-electron chi connectivity index (χ3n) is 4.18. The fourth-order valence-electron chi connectivity index (χ4n) is 2.90. The summed E-state index contributed by atoms with van der Waals surface area (Å²) in [5.41, 5.74) is 2.12. The summed E-state index contributed by atoms with van der Waals surface area (Å²) in [5.74, 6) is 0. The molecule has 0 bridgehead atoms. The van der Waals surface area contributed by atoms with Crippen LogP contribution in [0.2, 0.25) is 0 Å². The average molecular weight is 335 g/mol. The molecule has 1 heterocycles. The van der Waals surface area contributed by atoms with Gasteiger partial charge in [-0.05, 0) is 0 Å². The van der Waals surface area contributed by atoms with Gasteiger partial charge in [-0.3, -0.25) is 0 Å². The van der Waals surface area contributed by atoms with Crippen LogP contribution in [-0.4, -0.2) is 21.3 Å². The first kappa shape index (κ1) is 16.5. The Hall–Kier alpha value is -1.33. The molecule has 1 aliphatic heterocycles. The van der Waals surface area contributed by atoms with Crippen molar-refractivity contribution in [3.63, 3.8) is 0 Å². The Balaban J connectivity index is 2.08. The predicted octanol–water partition coefficient (Wildman–Crippen LogP) is 4.16. The molecular formula is C17H22NO4P. The predicted molar refractivity (Wildman–Crippen MR) is 90.5 cm³/mol. The molecule has 2 aromatic carbocycles. The van der Waals surface area contributed by atoms with E-state index in [4.69, 9.17) is 18.1 Å². The maximum absolute atomic E-state index is 6.29. The second-order valence-corrected chi connectivity index (χ2v) is 8.50. The van der Waals surface area contributed by atoms with E-state index in [9.17, 15) is 0 Å². The van der Waals surface area contributed by atoms with Crippen molar-refractivity contribution >= 4 is 7.66 Å². The number of nitrogens with one attached hydrogen (secondary N) is 1. The molecule has 1 aliphatic rings. The van der Waals surface area contributed by atoms with Crippen LogP contribution >= 0.6 is 7.66 Å². The number of benzene rings is 2. The molecule has 0 spiro atoms. The summed E-state index contributed by atoms with van der Waals surface area (Å²) in [6.45, 7) is 0. The molecule has 0 amide bonds. The Bertz CT molecular complexity index is 586. The molecule has 1 N–H and O–H groups in total. The summed E-state index contributed by atoms with van der Waals surface area (Å²) < 4.78 is 23.2. The van der Waals surface area contributed by atoms with Crippen LogP contribution in [0.1, 0.15) is 23.3 Å². The molecule has 0 aliphatic carbocycles. The number of rotatable bonds is 5. The minimum atomic E-state index is -3.83. The first-order chi connectivity index (χ1) is 11.2. The zero-order chi connectivity index (χ0) is 16.4. The molecule has 2 aromatic rings. The van der Waals surface area contributed by atoms with E-state index in [-0.39, 0.29) is 12.1 Å². The summed E-state index contributed by atoms with van der Waals surface area (Å²) in [6.07, 6.45) is -0.281. The van der Waals surface area contributed by atoms with E-state index in [1.807, 2.05) is 48.5 Å². The maximum atomic E-state index is 6.29. The number of hydrogen-bond donors (Lipinski definition) is 1. The normalized spacial score (nSPS) is 27.2. The van der Waals surface area contributed by atoms with E-state index in [1.54, 1.807) is 0 Å². The van der Waals surface area contributed by atoms with Crippen molar-refractivity contribution in [3.8, 4) is 0 Å². The first-order valence-electron chi connectivity index (χ1n) is 7.44. The molecule has 1 saturated heterocycles. The SMILES string of the molecule is COP1(OC)(OC)N[C@@H](c2ccccc2)[C@@H](c2ccccc2)O1. The van der Waals surface area contributed by atoms with Crippen LogP contribution in [0, 0.1) is 0 Å². The molecule has 124 valence electrons. The van der Waals surface area contributed by atoms with Gasteiger partial charge in [-0.25, -0.2) is 0 Å². The second kappa shape index (κ2) is 6.29. The van der Waals surface area contributed by atoms with Gasteiger partial charge in [-0.2, -0.15) is 0 Å². The van der Waals surface area contributed by atoms with Gasteiger partial charge in [-0.15, -0.1) is 0 Å². The monoisotopic (exact) mass is 335 g/mol. The molecule has 0 aromatic heterocycles. The Kier molecular flexibility index (Phi) is 4.52. The van der Waals surface area contributed by atoms with E-state index >= 15 is 0 Å². The molecule has 1 fully saturated rings. The summed E-state index contributed by atoms with van der Waals surface area (Å²) in [5, 5.41) is 3.37. The van der Waals surface area contributed by atoms with Crippen LogP contribution in [0.15, 0.2) is 60.7 Å². The van der Waals surface area contributed by atoms with Crippen molar-refractivity contribution in [2.75, 3.05) is 21.3 Å². The van der Waals surface area contributed by atoms with Crippen molar-refractivity contribution in [1.29, 1.82) is 0 Å². The molecule has 23 heavy (non-hydrogen) atoms. The summed E-state index contributed by atoms with van der Waals surface area (Å²) >= 11 is 0. The topological polar surface area (TPSA) is 49.0 Å². The van der Waals surface area contributed by atoms with Crippen LogP contribution in [0.25, 0.3) is 0 Å². The van der Waals surface area contributed by atoms with E-state index in [0.29, 0.717) is 0 Å². The standard InChI is InChI=1S/C17H22NO4P/c1-19-23(20-2,21-3)18-16(14-10-6-4-7-11-14)17(22-23)15-12-8-5-9-13-15/h4-13,16-18H,1-3H3/t16-,17+/m0/s1. The molecule has 0 saturated carbocycles. The quantitative estimate of drug-likeness (QED) is 0.832. The van der Waals surface area contributed by atoms with Gasteiger partial charge in [0.15, 0.2) is 0 Å². The van der Waals surface area contributed by atoms with Gasteiger partial charge in [-0.1, -0.05) is 0 Å². The van der Waals surface area contributed by atoms with E-state index < -0.39 is 7.66 Å². The van der Waals surface area contributed by atoms with Crippen molar-refractivity contribution in [1.82, 2.24) is 5.09 Å². The van der Waals surface area contributed by atoms with E-state index in [1.165, 1.54) is 21.3 Å². The summed E-state index contributed by atoms with van der Waals surface area (Å²) in [7, 11) is 0.774. The Morgan fingerprint density at radius 3 is 1.74 bits per heavy atom. The molecule has 6 heteroatoms. The minimum absolute atomic E-state index is 0.142. The molecule has 5 nitrogen and oxygen atoms in total. The fourth-order valence-corrected chi connectivity index (χ4v) is 5.35. The molecule has 0 unspecified atom stereocenters. The van der Waals surface area contributed by atoms with Gasteiger partial charge in [0, 0.05) is 0 Å². The molecule has 0 radical (unpaired) electrons. The van der Waals surface area contributed by atoms with Crippen LogP contribution in [0.3, 0.4) is 0 Å². The van der Waals surface area contributed by atoms with Crippen molar-refractivity contribution < 1.29 is 18.1 Å². The summed E-state index contributed by atoms with van der Waals surface area (Å²) in [6, 6.07) is 19.9. The molecular weight excluding hydrogens is 313 g/mol. The van der Waals surface area contributed by atoms with Crippen LogP contribution in [0.5, 0.6) is 0 Å². The van der Waals surface area contributed by atoms with Gasteiger partial charge in [0.2, 0.25) is 0 Å². The van der Waals surface area contributed by atoms with Gasteiger partial charge >= 0.3 is 136 Å². The van der Waals surface area contributed by atoms with Crippen molar-refractivity contribution in [2.45, 2.75) is 12.1 Å². The van der Waals surface area contributed by atoms with Gasteiger partial charge in [0.1, 0.15) is 0 Å². The van der Waals surface area contributed by atoms with Gasteiger partial charge in [0.25, 0.3) is 0 Å². The molecule has 3 rings (SSSR count). The molecule has 2 atom stereocenters. The van der Waals surface area contributed by atoms with Gasteiger partial charge < -0.3 is 0 Å². The Morgan fingerprint density at radius 1 is 0.783 bits per heavy atom. The Morgan fingerprint density at radius 2 is 1.26 bits per heavy atom. The Labute approximate surface area is 136 Å².